The predicted molar refractivity (Wildman–Crippen MR) is 70.2 cm³/mol. The number of nitrogens with zero attached hydrogens (tertiary/aromatic N) is 2. The number of hydrogen-bond acceptors (Lipinski definition) is 5. The van der Waals surface area contributed by atoms with Crippen LogP contribution in [0.5, 0.6) is 0 Å². The first-order valence-electron chi connectivity index (χ1n) is 6.03. The Bertz CT molecular complexity index is 483. The molecule has 1 saturated carbocycles. The summed E-state index contributed by atoms with van der Waals surface area (Å²) in [6, 6.07) is 2.47. The van der Waals surface area contributed by atoms with Crippen molar-refractivity contribution in [3.8, 4) is 6.07 Å². The van der Waals surface area contributed by atoms with Gasteiger partial charge in [-0.25, -0.2) is 0 Å². The molecular formula is C12H16N4S. The highest BCUT2D eigenvalue weighted by Gasteiger charge is 2.34. The molecule has 1 aromatic rings. The van der Waals surface area contributed by atoms with E-state index in [1.165, 1.54) is 34.7 Å². The number of rotatable bonds is 2. The van der Waals surface area contributed by atoms with Crippen molar-refractivity contribution in [2.75, 3.05) is 23.7 Å². The minimum Gasteiger partial charge on any atom is -0.397 e. The Kier molecular flexibility index (Phi) is 2.49. The zero-order chi connectivity index (χ0) is 12.0. The van der Waals surface area contributed by atoms with E-state index in [1.807, 2.05) is 0 Å². The van der Waals surface area contributed by atoms with Crippen molar-refractivity contribution < 1.29 is 0 Å². The number of nitriles is 1. The zero-order valence-electron chi connectivity index (χ0n) is 9.65. The molecule has 4 N–H and O–H groups in total. The molecule has 1 aliphatic heterocycles. The van der Waals surface area contributed by atoms with Gasteiger partial charge in [-0.2, -0.15) is 5.26 Å². The van der Waals surface area contributed by atoms with Crippen LogP contribution < -0.4 is 16.4 Å². The topological polar surface area (TPSA) is 79.1 Å². The smallest absolute Gasteiger partial charge is 0.130 e. The fourth-order valence-corrected chi connectivity index (χ4v) is 3.64. The minimum atomic E-state index is 0.260. The minimum absolute atomic E-state index is 0.260. The third-order valence-electron chi connectivity index (χ3n) is 3.56. The quantitative estimate of drug-likeness (QED) is 0.833. The Morgan fingerprint density at radius 1 is 1.35 bits per heavy atom. The molecule has 17 heavy (non-hydrogen) atoms. The van der Waals surface area contributed by atoms with Crippen molar-refractivity contribution >= 4 is 22.0 Å². The standard InChI is InChI=1S/C12H16N4S/c13-5-9-11(15)10(7-1-2-7)12(17-9)16-4-3-8(14)6-16/h7-8H,1-4,6,14-15H2. The van der Waals surface area contributed by atoms with Gasteiger partial charge in [0.2, 0.25) is 0 Å². The second kappa shape index (κ2) is 3.90. The maximum absolute atomic E-state index is 9.09. The molecule has 0 spiro atoms. The summed E-state index contributed by atoms with van der Waals surface area (Å²) in [5.74, 6) is 0.583. The summed E-state index contributed by atoms with van der Waals surface area (Å²) in [5.41, 5.74) is 14.0. The molecule has 1 aliphatic carbocycles. The molecule has 1 atom stereocenters. The maximum atomic E-state index is 9.09. The Labute approximate surface area is 105 Å². The second-order valence-electron chi connectivity index (χ2n) is 4.94. The van der Waals surface area contributed by atoms with Gasteiger partial charge >= 0.3 is 0 Å². The molecule has 3 rings (SSSR count). The van der Waals surface area contributed by atoms with E-state index in [1.54, 1.807) is 0 Å². The van der Waals surface area contributed by atoms with E-state index in [0.29, 0.717) is 10.8 Å². The fourth-order valence-electron chi connectivity index (χ4n) is 2.50. The average Bonchev–Trinajstić information content (AvgIpc) is 2.97. The number of nitrogen functional groups attached to an aromatic ring is 1. The Hall–Kier alpha value is -1.25. The third kappa shape index (κ3) is 1.78. The molecule has 2 aliphatic rings. The maximum Gasteiger partial charge on any atom is 0.130 e. The molecule has 1 aromatic heterocycles. The van der Waals surface area contributed by atoms with Gasteiger partial charge in [0, 0.05) is 24.7 Å². The van der Waals surface area contributed by atoms with Crippen LogP contribution in [0.4, 0.5) is 10.7 Å². The van der Waals surface area contributed by atoms with Gasteiger partial charge in [0.1, 0.15) is 10.9 Å². The highest BCUT2D eigenvalue weighted by atomic mass is 32.1. The monoisotopic (exact) mass is 248 g/mol. The van der Waals surface area contributed by atoms with Gasteiger partial charge in [-0.05, 0) is 25.2 Å². The molecule has 1 unspecified atom stereocenters. The third-order valence-corrected chi connectivity index (χ3v) is 4.75. The predicted octanol–water partition coefficient (Wildman–Crippen LogP) is 1.62. The van der Waals surface area contributed by atoms with Crippen molar-refractivity contribution in [2.24, 2.45) is 5.73 Å². The number of anilines is 2. The number of thiophene rings is 1. The Morgan fingerprint density at radius 2 is 2.12 bits per heavy atom. The summed E-state index contributed by atoms with van der Waals surface area (Å²) in [5, 5.41) is 10.3. The van der Waals surface area contributed by atoms with Crippen LogP contribution >= 0.6 is 11.3 Å². The Morgan fingerprint density at radius 3 is 2.65 bits per heavy atom. The van der Waals surface area contributed by atoms with E-state index < -0.39 is 0 Å². The molecule has 1 saturated heterocycles. The summed E-state index contributed by atoms with van der Waals surface area (Å²) in [4.78, 5) is 2.97. The first-order chi connectivity index (χ1) is 8.20. The molecule has 2 heterocycles. The highest BCUT2D eigenvalue weighted by Crippen LogP contribution is 2.52. The van der Waals surface area contributed by atoms with Crippen LogP contribution in [0.15, 0.2) is 0 Å². The van der Waals surface area contributed by atoms with Crippen LogP contribution in [-0.2, 0) is 0 Å². The summed E-state index contributed by atoms with van der Waals surface area (Å²) >= 11 is 1.54. The van der Waals surface area contributed by atoms with Crippen LogP contribution in [0, 0.1) is 11.3 Å². The second-order valence-corrected chi connectivity index (χ2v) is 5.94. The van der Waals surface area contributed by atoms with Crippen LogP contribution in [0.1, 0.15) is 35.6 Å². The van der Waals surface area contributed by atoms with Gasteiger partial charge in [0.05, 0.1) is 10.7 Å². The van der Waals surface area contributed by atoms with Crippen molar-refractivity contribution in [1.29, 1.82) is 5.26 Å². The number of nitrogens with two attached hydrogens (primary N) is 2. The molecule has 4 nitrogen and oxygen atoms in total. The summed E-state index contributed by atoms with van der Waals surface area (Å²) in [7, 11) is 0. The van der Waals surface area contributed by atoms with E-state index in [9.17, 15) is 0 Å². The first-order valence-corrected chi connectivity index (χ1v) is 6.85. The lowest BCUT2D eigenvalue weighted by Gasteiger charge is -2.18. The molecule has 90 valence electrons. The van der Waals surface area contributed by atoms with E-state index >= 15 is 0 Å². The average molecular weight is 248 g/mol. The van der Waals surface area contributed by atoms with Crippen molar-refractivity contribution in [1.82, 2.24) is 0 Å². The molecule has 0 bridgehead atoms. The molecule has 2 fully saturated rings. The lowest BCUT2D eigenvalue weighted by atomic mass is 10.1. The van der Waals surface area contributed by atoms with Crippen molar-refractivity contribution in [3.63, 3.8) is 0 Å². The van der Waals surface area contributed by atoms with Crippen LogP contribution in [0.2, 0.25) is 0 Å². The number of hydrogen-bond donors (Lipinski definition) is 2. The Balaban J connectivity index is 2.00. The van der Waals surface area contributed by atoms with Gasteiger partial charge in [-0.15, -0.1) is 11.3 Å². The first kappa shape index (κ1) is 10.9. The van der Waals surface area contributed by atoms with Crippen molar-refractivity contribution in [2.45, 2.75) is 31.2 Å². The van der Waals surface area contributed by atoms with Gasteiger partial charge in [-0.3, -0.25) is 0 Å². The molecular weight excluding hydrogens is 232 g/mol. The SMILES string of the molecule is N#Cc1sc(N2CCC(N)C2)c(C2CC2)c1N. The van der Waals surface area contributed by atoms with Crippen LogP contribution in [-0.4, -0.2) is 19.1 Å². The van der Waals surface area contributed by atoms with Gasteiger partial charge in [0.15, 0.2) is 0 Å². The summed E-state index contributed by atoms with van der Waals surface area (Å²) in [6.07, 6.45) is 3.45. The van der Waals surface area contributed by atoms with Crippen LogP contribution in [0.25, 0.3) is 0 Å². The van der Waals surface area contributed by atoms with E-state index in [4.69, 9.17) is 16.7 Å². The zero-order valence-corrected chi connectivity index (χ0v) is 10.5. The molecule has 0 radical (unpaired) electrons. The lowest BCUT2D eigenvalue weighted by Crippen LogP contribution is -2.26. The molecule has 0 amide bonds. The summed E-state index contributed by atoms with van der Waals surface area (Å²) in [6.45, 7) is 1.89. The highest BCUT2D eigenvalue weighted by molar-refractivity contribution is 7.17. The largest absolute Gasteiger partial charge is 0.397 e. The molecule has 5 heteroatoms. The molecule has 0 aromatic carbocycles. The normalized spacial score (nSPS) is 24.0. The van der Waals surface area contributed by atoms with Crippen molar-refractivity contribution in [3.05, 3.63) is 10.4 Å². The van der Waals surface area contributed by atoms with Gasteiger partial charge in [-0.1, -0.05) is 0 Å². The van der Waals surface area contributed by atoms with Crippen LogP contribution in [0.3, 0.4) is 0 Å². The summed E-state index contributed by atoms with van der Waals surface area (Å²) < 4.78 is 0. The van der Waals surface area contributed by atoms with Gasteiger partial charge < -0.3 is 16.4 Å². The van der Waals surface area contributed by atoms with E-state index in [0.717, 1.165) is 25.2 Å². The van der Waals surface area contributed by atoms with Gasteiger partial charge in [0.25, 0.3) is 0 Å². The van der Waals surface area contributed by atoms with E-state index in [2.05, 4.69) is 11.0 Å². The lowest BCUT2D eigenvalue weighted by molar-refractivity contribution is 0.752. The van der Waals surface area contributed by atoms with E-state index in [-0.39, 0.29) is 6.04 Å². The fraction of sp³-hybridized carbons (Fsp3) is 0.583.